The van der Waals surface area contributed by atoms with E-state index in [-0.39, 0.29) is 23.9 Å². The van der Waals surface area contributed by atoms with Crippen LogP contribution in [0, 0.1) is 0 Å². The van der Waals surface area contributed by atoms with Crippen molar-refractivity contribution >= 4 is 44.3 Å². The number of benzene rings is 2. The van der Waals surface area contributed by atoms with Gasteiger partial charge >= 0.3 is 0 Å². The second-order valence-corrected chi connectivity index (χ2v) is 7.04. The minimum Gasteiger partial charge on any atom is -0.493 e. The molecule has 1 heterocycles. The molecule has 1 aromatic heterocycles. The van der Waals surface area contributed by atoms with Crippen LogP contribution in [0.3, 0.4) is 0 Å². The van der Waals surface area contributed by atoms with Crippen molar-refractivity contribution < 1.29 is 14.7 Å². The monoisotopic (exact) mass is 442 g/mol. The Morgan fingerprint density at radius 1 is 1.14 bits per heavy atom. The number of aromatic hydroxyl groups is 1. The third-order valence-corrected chi connectivity index (χ3v) is 4.97. The number of rotatable bonds is 6. The number of carbonyl (C=O) groups excluding carboxylic acids is 2. The summed E-state index contributed by atoms with van der Waals surface area (Å²) in [5, 5.41) is 21.3. The van der Waals surface area contributed by atoms with Gasteiger partial charge in [-0.2, -0.15) is 0 Å². The van der Waals surface area contributed by atoms with Gasteiger partial charge in [-0.05, 0) is 40.5 Å². The lowest BCUT2D eigenvalue weighted by atomic mass is 10.2. The van der Waals surface area contributed by atoms with Gasteiger partial charge < -0.3 is 15.0 Å². The Labute approximate surface area is 170 Å². The second kappa shape index (κ2) is 8.79. The number of nitrogens with zero attached hydrogens (tertiary/aromatic N) is 3. The molecule has 0 radical (unpaired) electrons. The molecule has 0 saturated carbocycles. The molecule has 3 rings (SSSR count). The smallest absolute Gasteiger partial charge is 0.264 e. The quantitative estimate of drug-likeness (QED) is 0.435. The number of nitrogens with one attached hydrogen (secondary N) is 1. The summed E-state index contributed by atoms with van der Waals surface area (Å²) in [7, 11) is 1.71. The number of hydrogen-bond donors (Lipinski definition) is 2. The maximum Gasteiger partial charge on any atom is 0.264 e. The fourth-order valence-corrected chi connectivity index (χ4v) is 3.26. The van der Waals surface area contributed by atoms with Crippen molar-refractivity contribution in [2.45, 2.75) is 12.8 Å². The van der Waals surface area contributed by atoms with E-state index in [1.807, 2.05) is 30.3 Å². The summed E-state index contributed by atoms with van der Waals surface area (Å²) in [5.41, 5.74) is 1.62. The Balaban J connectivity index is 1.53. The summed E-state index contributed by atoms with van der Waals surface area (Å²) in [5.74, 6) is -0.664. The average Bonchev–Trinajstić information content (AvgIpc) is 2.94. The molecule has 2 amide bonds. The first-order valence-electron chi connectivity index (χ1n) is 8.72. The minimum absolute atomic E-state index is 0.0431. The Hall–Kier alpha value is -3.00. The van der Waals surface area contributed by atoms with Crippen LogP contribution in [0.4, 0.5) is 5.69 Å². The van der Waals surface area contributed by atoms with Crippen LogP contribution < -0.4 is 5.32 Å². The molecule has 0 aliphatic heterocycles. The molecular weight excluding hydrogens is 424 g/mol. The molecule has 2 N–H and O–H groups in total. The van der Waals surface area contributed by atoms with E-state index in [1.165, 1.54) is 0 Å². The number of carbonyl (C=O) groups is 2. The molecule has 0 fully saturated rings. The maximum absolute atomic E-state index is 12.1. The van der Waals surface area contributed by atoms with Gasteiger partial charge in [-0.1, -0.05) is 30.3 Å². The Kier molecular flexibility index (Phi) is 6.20. The molecule has 7 nitrogen and oxygen atoms in total. The normalized spacial score (nSPS) is 11.2. The average molecular weight is 443 g/mol. The number of hydrogen-bond acceptors (Lipinski definition) is 4. The molecule has 8 heteroatoms. The van der Waals surface area contributed by atoms with E-state index in [9.17, 15) is 14.7 Å². The molecule has 0 aliphatic carbocycles. The highest BCUT2D eigenvalue weighted by Gasteiger charge is 2.14. The van der Waals surface area contributed by atoms with Crippen LogP contribution in [0.25, 0.3) is 10.9 Å². The van der Waals surface area contributed by atoms with E-state index in [1.54, 1.807) is 29.8 Å². The fourth-order valence-electron chi connectivity index (χ4n) is 2.80. The second-order valence-electron chi connectivity index (χ2n) is 6.18. The molecule has 0 unspecified atom stereocenters. The van der Waals surface area contributed by atoms with E-state index in [0.717, 1.165) is 10.9 Å². The number of azo groups is 1. The summed E-state index contributed by atoms with van der Waals surface area (Å²) in [4.78, 5) is 24.1. The predicted octanol–water partition coefficient (Wildman–Crippen LogP) is 4.47. The van der Waals surface area contributed by atoms with E-state index in [0.29, 0.717) is 23.0 Å². The van der Waals surface area contributed by atoms with Gasteiger partial charge in [0.25, 0.3) is 11.8 Å². The van der Waals surface area contributed by atoms with Gasteiger partial charge in [0.05, 0.1) is 11.1 Å². The molecule has 0 atom stereocenters. The van der Waals surface area contributed by atoms with E-state index in [4.69, 9.17) is 0 Å². The Bertz CT molecular complexity index is 1060. The van der Waals surface area contributed by atoms with Crippen LogP contribution in [0.15, 0.2) is 63.2 Å². The Morgan fingerprint density at radius 3 is 2.64 bits per heavy atom. The van der Waals surface area contributed by atoms with Crippen molar-refractivity contribution in [3.8, 4) is 5.88 Å². The van der Waals surface area contributed by atoms with Crippen LogP contribution in [0.2, 0.25) is 0 Å². The Morgan fingerprint density at radius 2 is 1.86 bits per heavy atom. The number of aromatic nitrogens is 1. The van der Waals surface area contributed by atoms with Crippen LogP contribution >= 0.6 is 15.9 Å². The van der Waals surface area contributed by atoms with Gasteiger partial charge in [-0.15, -0.1) is 10.2 Å². The van der Waals surface area contributed by atoms with Crippen LogP contribution in [0.5, 0.6) is 5.88 Å². The molecule has 28 heavy (non-hydrogen) atoms. The highest BCUT2D eigenvalue weighted by Crippen LogP contribution is 2.37. The lowest BCUT2D eigenvalue weighted by Gasteiger charge is -2.05. The van der Waals surface area contributed by atoms with Crippen molar-refractivity contribution in [2.24, 2.45) is 17.3 Å². The van der Waals surface area contributed by atoms with Crippen molar-refractivity contribution in [1.82, 2.24) is 9.88 Å². The first-order chi connectivity index (χ1) is 13.5. The zero-order chi connectivity index (χ0) is 20.1. The summed E-state index contributed by atoms with van der Waals surface area (Å²) in [6, 6.07) is 14.5. The lowest BCUT2D eigenvalue weighted by molar-refractivity contribution is -0.118. The number of aryl methyl sites for hydroxylation is 1. The van der Waals surface area contributed by atoms with Crippen molar-refractivity contribution in [3.05, 3.63) is 58.6 Å². The van der Waals surface area contributed by atoms with Gasteiger partial charge in [0.2, 0.25) is 5.88 Å². The number of para-hydroxylation sites is 1. The van der Waals surface area contributed by atoms with E-state index >= 15 is 0 Å². The van der Waals surface area contributed by atoms with Crippen LogP contribution in [-0.2, 0) is 11.8 Å². The summed E-state index contributed by atoms with van der Waals surface area (Å²) < 4.78 is 2.30. The number of amides is 2. The first kappa shape index (κ1) is 19.8. The largest absolute Gasteiger partial charge is 0.493 e. The molecule has 0 saturated heterocycles. The van der Waals surface area contributed by atoms with Crippen molar-refractivity contribution in [1.29, 1.82) is 0 Å². The lowest BCUT2D eigenvalue weighted by Crippen LogP contribution is -2.25. The zero-order valence-electron chi connectivity index (χ0n) is 15.2. The first-order valence-corrected chi connectivity index (χ1v) is 9.52. The maximum atomic E-state index is 12.1. The summed E-state index contributed by atoms with van der Waals surface area (Å²) >= 11 is 3.33. The standard InChI is InChI=1S/C20H19BrN4O3/c1-25-16-10-5-3-8-14(16)18(20(25)28)24-23-17(26)11-6-12-22-19(27)13-7-2-4-9-15(13)21/h2-5,7-10,28H,6,11-12H2,1H3,(H,22,27). The topological polar surface area (TPSA) is 96.0 Å². The third kappa shape index (κ3) is 4.28. The van der Waals surface area contributed by atoms with E-state index in [2.05, 4.69) is 31.5 Å². The molecule has 0 aliphatic rings. The van der Waals surface area contributed by atoms with Crippen molar-refractivity contribution in [2.75, 3.05) is 6.54 Å². The molecule has 2 aromatic carbocycles. The summed E-state index contributed by atoms with van der Waals surface area (Å²) in [6.45, 7) is 0.348. The molecule has 0 spiro atoms. The van der Waals surface area contributed by atoms with E-state index < -0.39 is 5.91 Å². The molecular formula is C20H19BrN4O3. The number of fused-ring (bicyclic) bond motifs is 1. The number of halogens is 1. The molecule has 144 valence electrons. The third-order valence-electron chi connectivity index (χ3n) is 4.28. The van der Waals surface area contributed by atoms with Crippen LogP contribution in [0.1, 0.15) is 23.2 Å². The highest BCUT2D eigenvalue weighted by molar-refractivity contribution is 9.10. The molecule has 3 aromatic rings. The van der Waals surface area contributed by atoms with Crippen LogP contribution in [-0.4, -0.2) is 28.0 Å². The van der Waals surface area contributed by atoms with Gasteiger partial charge in [0.1, 0.15) is 0 Å². The highest BCUT2D eigenvalue weighted by atomic mass is 79.9. The minimum atomic E-state index is -0.414. The van der Waals surface area contributed by atoms with Gasteiger partial charge in [0, 0.05) is 29.9 Å². The van der Waals surface area contributed by atoms with Gasteiger partial charge in [-0.3, -0.25) is 9.59 Å². The SMILES string of the molecule is Cn1c(O)c(N=NC(=O)CCCNC(=O)c2ccccc2Br)c2ccccc21. The fraction of sp³-hybridized carbons (Fsp3) is 0.200. The van der Waals surface area contributed by atoms with Gasteiger partial charge in [0.15, 0.2) is 5.69 Å². The van der Waals surface area contributed by atoms with Crippen molar-refractivity contribution in [3.63, 3.8) is 0 Å². The predicted molar refractivity (Wildman–Crippen MR) is 110 cm³/mol. The zero-order valence-corrected chi connectivity index (χ0v) is 16.8. The summed E-state index contributed by atoms with van der Waals surface area (Å²) in [6.07, 6.45) is 0.584. The van der Waals surface area contributed by atoms with Gasteiger partial charge in [-0.25, -0.2) is 0 Å². The molecule has 0 bridgehead atoms.